The van der Waals surface area contributed by atoms with E-state index in [1.165, 1.54) is 12.1 Å². The lowest BCUT2D eigenvalue weighted by molar-refractivity contribution is 0.0507. The third-order valence-corrected chi connectivity index (χ3v) is 7.65. The molecule has 0 aliphatic carbocycles. The predicted molar refractivity (Wildman–Crippen MR) is 149 cm³/mol. The van der Waals surface area contributed by atoms with Gasteiger partial charge in [0, 0.05) is 43.8 Å². The van der Waals surface area contributed by atoms with Crippen LogP contribution in [0.15, 0.2) is 42.6 Å². The first kappa shape index (κ1) is 26.6. The molecule has 1 aliphatic heterocycles. The van der Waals surface area contributed by atoms with Crippen LogP contribution in [0.5, 0.6) is 0 Å². The average molecular weight is 550 g/mol. The van der Waals surface area contributed by atoms with Gasteiger partial charge in [0.1, 0.15) is 23.0 Å². The van der Waals surface area contributed by atoms with Gasteiger partial charge in [0.2, 0.25) is 0 Å². The lowest BCUT2D eigenvalue weighted by Crippen LogP contribution is -2.61. The number of amides is 1. The number of pyridine rings is 2. The van der Waals surface area contributed by atoms with E-state index in [1.54, 1.807) is 32.0 Å². The Balaban J connectivity index is 1.41. The first-order valence-corrected chi connectivity index (χ1v) is 12.9. The summed E-state index contributed by atoms with van der Waals surface area (Å²) in [5.74, 6) is -0.964. The lowest BCUT2D eigenvalue weighted by atomic mass is 9.97. The number of fused-ring (bicyclic) bond motifs is 1. The topological polar surface area (TPSA) is 91.6 Å². The van der Waals surface area contributed by atoms with Crippen LogP contribution in [-0.2, 0) is 7.05 Å². The summed E-state index contributed by atoms with van der Waals surface area (Å²) in [4.78, 5) is 38.4. The van der Waals surface area contributed by atoms with Crippen LogP contribution in [0.25, 0.3) is 22.2 Å². The van der Waals surface area contributed by atoms with Crippen LogP contribution in [0.2, 0.25) is 5.02 Å². The normalized spacial score (nSPS) is 15.2. The number of hydrogen-bond donors (Lipinski definition) is 1. The van der Waals surface area contributed by atoms with Gasteiger partial charge in [-0.1, -0.05) is 17.7 Å². The van der Waals surface area contributed by atoms with E-state index in [4.69, 9.17) is 16.6 Å². The van der Waals surface area contributed by atoms with Gasteiger partial charge in [-0.15, -0.1) is 0 Å². The van der Waals surface area contributed by atoms with Gasteiger partial charge in [-0.3, -0.25) is 4.79 Å². The Labute approximate surface area is 230 Å². The van der Waals surface area contributed by atoms with Crippen molar-refractivity contribution in [2.24, 2.45) is 7.05 Å². The highest BCUT2D eigenvalue weighted by molar-refractivity contribution is 6.30. The second-order valence-corrected chi connectivity index (χ2v) is 11.0. The zero-order valence-electron chi connectivity index (χ0n) is 22.4. The van der Waals surface area contributed by atoms with Crippen molar-refractivity contribution in [2.75, 3.05) is 24.5 Å². The number of anilines is 1. The van der Waals surface area contributed by atoms with Gasteiger partial charge in [-0.2, -0.15) is 0 Å². The first-order chi connectivity index (χ1) is 18.4. The molecule has 0 radical (unpaired) electrons. The third-order valence-electron chi connectivity index (χ3n) is 7.34. The van der Waals surface area contributed by atoms with E-state index in [9.17, 15) is 19.1 Å². The zero-order chi connectivity index (χ0) is 28.2. The zero-order valence-corrected chi connectivity index (χ0v) is 23.2. The molecule has 5 rings (SSSR count). The Bertz CT molecular complexity index is 1620. The minimum absolute atomic E-state index is 0.0611. The van der Waals surface area contributed by atoms with E-state index < -0.39 is 17.3 Å². The van der Waals surface area contributed by atoms with Crippen LogP contribution in [0.1, 0.15) is 46.0 Å². The summed E-state index contributed by atoms with van der Waals surface area (Å²) in [5, 5.41) is 10.3. The van der Waals surface area contributed by atoms with Crippen molar-refractivity contribution in [3.8, 4) is 11.1 Å². The van der Waals surface area contributed by atoms with Crippen molar-refractivity contribution in [2.45, 2.75) is 33.2 Å². The quantitative estimate of drug-likeness (QED) is 0.362. The summed E-state index contributed by atoms with van der Waals surface area (Å²) in [7, 11) is 1.84. The van der Waals surface area contributed by atoms with E-state index in [-0.39, 0.29) is 16.5 Å². The highest BCUT2D eigenvalue weighted by Gasteiger charge is 2.38. The molecule has 39 heavy (non-hydrogen) atoms. The predicted octanol–water partition coefficient (Wildman–Crippen LogP) is 5.48. The maximum atomic E-state index is 14.1. The molecule has 4 heterocycles. The number of halogens is 2. The molecule has 1 aromatic carbocycles. The molecule has 0 unspecified atom stereocenters. The molecule has 1 aliphatic rings. The van der Waals surface area contributed by atoms with Crippen LogP contribution in [0.4, 0.5) is 10.2 Å². The molecule has 1 fully saturated rings. The molecule has 1 saturated heterocycles. The standard InChI is InChI=1S/C29H29ClFN5O3/c1-16-12-24(32-17(2)25(16)28(38)39)35-10-11-36(29(3,4)15-35)27(37)23-9-7-19-20(14-34(5)26(19)33-23)18-6-8-21(30)22(31)13-18/h6-9,12-14H,10-11,15H2,1-5H3,(H,38,39). The van der Waals surface area contributed by atoms with Crippen LogP contribution in [-0.4, -0.2) is 61.6 Å². The van der Waals surface area contributed by atoms with Crippen LogP contribution in [0, 0.1) is 19.7 Å². The average Bonchev–Trinajstić information content (AvgIpc) is 3.19. The van der Waals surface area contributed by atoms with Gasteiger partial charge < -0.3 is 19.5 Å². The van der Waals surface area contributed by atoms with Gasteiger partial charge in [-0.05, 0) is 69.2 Å². The fraction of sp³-hybridized carbons (Fsp3) is 0.310. The molecule has 202 valence electrons. The molecule has 0 saturated carbocycles. The second kappa shape index (κ2) is 9.64. The van der Waals surface area contributed by atoms with Crippen molar-refractivity contribution in [1.29, 1.82) is 0 Å². The summed E-state index contributed by atoms with van der Waals surface area (Å²) in [6, 6.07) is 10.0. The smallest absolute Gasteiger partial charge is 0.337 e. The molecule has 4 aromatic rings. The van der Waals surface area contributed by atoms with Gasteiger partial charge in [0.25, 0.3) is 5.91 Å². The number of rotatable bonds is 4. The van der Waals surface area contributed by atoms with E-state index in [2.05, 4.69) is 9.88 Å². The molecule has 0 atom stereocenters. The number of carboxylic acids is 1. The summed E-state index contributed by atoms with van der Waals surface area (Å²) in [6.45, 7) is 8.99. The Morgan fingerprint density at radius 2 is 1.82 bits per heavy atom. The molecule has 0 bridgehead atoms. The van der Waals surface area contributed by atoms with Gasteiger partial charge in [-0.25, -0.2) is 19.2 Å². The highest BCUT2D eigenvalue weighted by Crippen LogP contribution is 2.33. The number of nitrogens with zero attached hydrogens (tertiary/aromatic N) is 5. The van der Waals surface area contributed by atoms with Crippen LogP contribution >= 0.6 is 11.6 Å². The minimum atomic E-state index is -0.991. The van der Waals surface area contributed by atoms with Crippen LogP contribution in [0.3, 0.4) is 0 Å². The number of aryl methyl sites for hydroxylation is 3. The third kappa shape index (κ3) is 4.71. The van der Waals surface area contributed by atoms with Gasteiger partial charge in [0.15, 0.2) is 0 Å². The summed E-state index contributed by atoms with van der Waals surface area (Å²) in [5.41, 5.74) is 3.23. The molecule has 0 spiro atoms. The summed E-state index contributed by atoms with van der Waals surface area (Å²) >= 11 is 5.86. The number of carbonyl (C=O) groups is 2. The first-order valence-electron chi connectivity index (χ1n) is 12.6. The van der Waals surface area contributed by atoms with E-state index in [0.29, 0.717) is 53.6 Å². The number of carboxylic acid groups (broad SMARTS) is 1. The molecule has 3 aromatic heterocycles. The summed E-state index contributed by atoms with van der Waals surface area (Å²) < 4.78 is 15.9. The van der Waals surface area contributed by atoms with Crippen molar-refractivity contribution in [1.82, 2.24) is 19.4 Å². The molecular weight excluding hydrogens is 521 g/mol. The van der Waals surface area contributed by atoms with Crippen molar-refractivity contribution in [3.05, 3.63) is 75.9 Å². The molecule has 1 amide bonds. The maximum absolute atomic E-state index is 14.1. The minimum Gasteiger partial charge on any atom is -0.478 e. The number of aromatic nitrogens is 3. The number of hydrogen-bond acceptors (Lipinski definition) is 5. The SMILES string of the molecule is Cc1cc(N2CCN(C(=O)c3ccc4c(-c5ccc(Cl)c(F)c5)cn(C)c4n3)C(C)(C)C2)nc(C)c1C(=O)O. The Hall–Kier alpha value is -3.98. The van der Waals surface area contributed by atoms with E-state index in [1.807, 2.05) is 42.6 Å². The largest absolute Gasteiger partial charge is 0.478 e. The van der Waals surface area contributed by atoms with Crippen molar-refractivity contribution >= 4 is 40.3 Å². The van der Waals surface area contributed by atoms with Crippen molar-refractivity contribution < 1.29 is 19.1 Å². The fourth-order valence-electron chi connectivity index (χ4n) is 5.43. The molecule has 1 N–H and O–H groups in total. The number of piperazine rings is 1. The number of carbonyl (C=O) groups excluding carboxylic acids is 1. The second-order valence-electron chi connectivity index (χ2n) is 10.6. The van der Waals surface area contributed by atoms with E-state index >= 15 is 0 Å². The van der Waals surface area contributed by atoms with Crippen LogP contribution < -0.4 is 4.90 Å². The Kier molecular flexibility index (Phi) is 6.58. The Morgan fingerprint density at radius 1 is 1.08 bits per heavy atom. The maximum Gasteiger partial charge on any atom is 0.337 e. The number of benzene rings is 1. The lowest BCUT2D eigenvalue weighted by Gasteiger charge is -2.47. The fourth-order valence-corrected chi connectivity index (χ4v) is 5.54. The Morgan fingerprint density at radius 3 is 2.46 bits per heavy atom. The number of aromatic carboxylic acids is 1. The van der Waals surface area contributed by atoms with Crippen molar-refractivity contribution in [3.63, 3.8) is 0 Å². The van der Waals surface area contributed by atoms with Gasteiger partial charge >= 0.3 is 5.97 Å². The molecular formula is C29H29ClFN5O3. The monoisotopic (exact) mass is 549 g/mol. The highest BCUT2D eigenvalue weighted by atomic mass is 35.5. The van der Waals surface area contributed by atoms with E-state index in [0.717, 1.165) is 10.9 Å². The summed E-state index contributed by atoms with van der Waals surface area (Å²) in [6.07, 6.45) is 1.86. The van der Waals surface area contributed by atoms with Gasteiger partial charge in [0.05, 0.1) is 21.8 Å². The molecule has 10 heteroatoms. The molecule has 8 nitrogen and oxygen atoms in total.